The quantitative estimate of drug-likeness (QED) is 0.544. The van der Waals surface area contributed by atoms with Crippen molar-refractivity contribution in [2.24, 2.45) is 0 Å². The maximum atomic E-state index is 10.8. The van der Waals surface area contributed by atoms with Gasteiger partial charge < -0.3 is 4.42 Å². The van der Waals surface area contributed by atoms with Gasteiger partial charge in [-0.15, -0.1) is 0 Å². The van der Waals surface area contributed by atoms with Crippen LogP contribution in [-0.4, -0.2) is 0 Å². The molecule has 2 nitrogen and oxygen atoms in total. The van der Waals surface area contributed by atoms with Crippen LogP contribution in [0.25, 0.3) is 0 Å². The predicted octanol–water partition coefficient (Wildman–Crippen LogP) is 1.57. The van der Waals surface area contributed by atoms with E-state index in [1.54, 1.807) is 13.8 Å². The highest BCUT2D eigenvalue weighted by atomic mass is 16.4. The van der Waals surface area contributed by atoms with E-state index in [0.29, 0.717) is 11.3 Å². The van der Waals surface area contributed by atoms with E-state index in [1.165, 1.54) is 0 Å². The van der Waals surface area contributed by atoms with Gasteiger partial charge in [-0.05, 0) is 32.4 Å². The molecule has 54 valence electrons. The molecule has 0 saturated carbocycles. The zero-order valence-electron chi connectivity index (χ0n) is 6.39. The van der Waals surface area contributed by atoms with Crippen LogP contribution in [0, 0.1) is 20.8 Å². The van der Waals surface area contributed by atoms with E-state index in [2.05, 4.69) is 0 Å². The summed E-state index contributed by atoms with van der Waals surface area (Å²) in [7, 11) is 0. The van der Waals surface area contributed by atoms with Gasteiger partial charge in [-0.1, -0.05) is 0 Å². The van der Waals surface area contributed by atoms with Crippen LogP contribution in [0.5, 0.6) is 0 Å². The largest absolute Gasteiger partial charge is 0.428 e. The average Bonchev–Trinajstić information content (AvgIpc) is 1.84. The topological polar surface area (TPSA) is 30.2 Å². The van der Waals surface area contributed by atoms with Crippen LogP contribution >= 0.6 is 0 Å². The molecule has 0 saturated heterocycles. The summed E-state index contributed by atoms with van der Waals surface area (Å²) in [6.07, 6.45) is 0. The van der Waals surface area contributed by atoms with Gasteiger partial charge in [0.1, 0.15) is 5.76 Å². The van der Waals surface area contributed by atoms with Crippen molar-refractivity contribution < 1.29 is 4.42 Å². The second kappa shape index (κ2) is 2.29. The van der Waals surface area contributed by atoms with Crippen LogP contribution < -0.4 is 5.63 Å². The summed E-state index contributed by atoms with van der Waals surface area (Å²) in [6, 6.07) is 1.83. The normalized spacial score (nSPS) is 9.90. The molecule has 0 bridgehead atoms. The fourth-order valence-electron chi connectivity index (χ4n) is 0.785. The Bertz CT molecular complexity index is 297. The summed E-state index contributed by atoms with van der Waals surface area (Å²) in [4.78, 5) is 10.8. The molecular formula is C8H10O2. The lowest BCUT2D eigenvalue weighted by Gasteiger charge is -1.96. The molecule has 0 amide bonds. The Morgan fingerprint density at radius 3 is 2.30 bits per heavy atom. The first-order valence-corrected chi connectivity index (χ1v) is 3.19. The van der Waals surface area contributed by atoms with Gasteiger partial charge in [0, 0.05) is 5.56 Å². The molecule has 0 aliphatic heterocycles. The Balaban J connectivity index is 3.43. The van der Waals surface area contributed by atoms with Gasteiger partial charge in [0.2, 0.25) is 0 Å². The number of hydrogen-bond acceptors (Lipinski definition) is 2. The smallest absolute Gasteiger partial charge is 0.338 e. The molecular weight excluding hydrogens is 128 g/mol. The molecule has 1 heterocycles. The standard InChI is InChI=1S/C8H10O2/c1-5-4-6(2)8(9)10-7(5)3/h4H,1-3H3. The fourth-order valence-corrected chi connectivity index (χ4v) is 0.785. The number of hydrogen-bond donors (Lipinski definition) is 0. The van der Waals surface area contributed by atoms with E-state index >= 15 is 0 Å². The van der Waals surface area contributed by atoms with Crippen LogP contribution in [0.1, 0.15) is 16.9 Å². The summed E-state index contributed by atoms with van der Waals surface area (Å²) < 4.78 is 4.88. The van der Waals surface area contributed by atoms with Crippen molar-refractivity contribution in [3.05, 3.63) is 33.4 Å². The van der Waals surface area contributed by atoms with Crippen LogP contribution in [-0.2, 0) is 0 Å². The van der Waals surface area contributed by atoms with Crippen molar-refractivity contribution in [2.75, 3.05) is 0 Å². The molecule has 0 spiro atoms. The molecule has 0 atom stereocenters. The lowest BCUT2D eigenvalue weighted by molar-refractivity contribution is 0.471. The summed E-state index contributed by atoms with van der Waals surface area (Å²) >= 11 is 0. The monoisotopic (exact) mass is 138 g/mol. The Hall–Kier alpha value is -1.05. The number of rotatable bonds is 0. The summed E-state index contributed by atoms with van der Waals surface area (Å²) in [5.74, 6) is 0.704. The number of aryl methyl sites for hydroxylation is 3. The molecule has 0 aliphatic carbocycles. The Labute approximate surface area is 59.5 Å². The van der Waals surface area contributed by atoms with Crippen LogP contribution in [0.15, 0.2) is 15.3 Å². The summed E-state index contributed by atoms with van der Waals surface area (Å²) in [5, 5.41) is 0. The second-order valence-corrected chi connectivity index (χ2v) is 2.46. The van der Waals surface area contributed by atoms with Gasteiger partial charge in [-0.3, -0.25) is 0 Å². The first-order chi connectivity index (χ1) is 4.61. The maximum absolute atomic E-state index is 10.8. The van der Waals surface area contributed by atoms with E-state index in [9.17, 15) is 4.79 Å². The van der Waals surface area contributed by atoms with E-state index < -0.39 is 0 Å². The highest BCUT2D eigenvalue weighted by Crippen LogP contribution is 2.03. The Morgan fingerprint density at radius 2 is 1.80 bits per heavy atom. The van der Waals surface area contributed by atoms with Crippen molar-refractivity contribution in [3.63, 3.8) is 0 Å². The van der Waals surface area contributed by atoms with E-state index in [4.69, 9.17) is 4.42 Å². The van der Waals surface area contributed by atoms with Gasteiger partial charge in [0.05, 0.1) is 0 Å². The first kappa shape index (κ1) is 7.06. The van der Waals surface area contributed by atoms with Gasteiger partial charge in [-0.2, -0.15) is 0 Å². The molecule has 2 heteroatoms. The molecule has 0 fully saturated rings. The van der Waals surface area contributed by atoms with E-state index in [0.717, 1.165) is 5.56 Å². The van der Waals surface area contributed by atoms with Crippen molar-refractivity contribution >= 4 is 0 Å². The zero-order chi connectivity index (χ0) is 7.72. The minimum atomic E-state index is -0.233. The van der Waals surface area contributed by atoms with Gasteiger partial charge in [0.25, 0.3) is 0 Å². The van der Waals surface area contributed by atoms with Crippen molar-refractivity contribution in [1.29, 1.82) is 0 Å². The Kier molecular flexibility index (Phi) is 1.62. The summed E-state index contributed by atoms with van der Waals surface area (Å²) in [6.45, 7) is 5.46. The first-order valence-electron chi connectivity index (χ1n) is 3.19. The summed E-state index contributed by atoms with van der Waals surface area (Å²) in [5.41, 5.74) is 1.46. The van der Waals surface area contributed by atoms with Crippen LogP contribution in [0.4, 0.5) is 0 Å². The average molecular weight is 138 g/mol. The van der Waals surface area contributed by atoms with Gasteiger partial charge >= 0.3 is 5.63 Å². The molecule has 1 aromatic heterocycles. The third-order valence-electron chi connectivity index (χ3n) is 1.56. The molecule has 0 aromatic carbocycles. The van der Waals surface area contributed by atoms with Gasteiger partial charge in [0.15, 0.2) is 0 Å². The molecule has 0 unspecified atom stereocenters. The molecule has 0 radical (unpaired) electrons. The third kappa shape index (κ3) is 1.10. The van der Waals surface area contributed by atoms with Crippen LogP contribution in [0.3, 0.4) is 0 Å². The highest BCUT2D eigenvalue weighted by molar-refractivity contribution is 5.18. The minimum absolute atomic E-state index is 0.233. The van der Waals surface area contributed by atoms with E-state index in [1.807, 2.05) is 13.0 Å². The predicted molar refractivity (Wildman–Crippen MR) is 39.2 cm³/mol. The Morgan fingerprint density at radius 1 is 1.20 bits per heavy atom. The molecule has 0 aliphatic rings. The molecule has 1 rings (SSSR count). The van der Waals surface area contributed by atoms with Crippen molar-refractivity contribution in [1.82, 2.24) is 0 Å². The fraction of sp³-hybridized carbons (Fsp3) is 0.375. The lowest BCUT2D eigenvalue weighted by atomic mass is 10.2. The van der Waals surface area contributed by atoms with Crippen molar-refractivity contribution in [2.45, 2.75) is 20.8 Å². The lowest BCUT2D eigenvalue weighted by Crippen LogP contribution is -2.04. The van der Waals surface area contributed by atoms with Gasteiger partial charge in [-0.25, -0.2) is 4.79 Å². The highest BCUT2D eigenvalue weighted by Gasteiger charge is 1.98. The second-order valence-electron chi connectivity index (χ2n) is 2.46. The third-order valence-corrected chi connectivity index (χ3v) is 1.56. The molecule has 1 aromatic rings. The maximum Gasteiger partial charge on any atom is 0.338 e. The van der Waals surface area contributed by atoms with Crippen molar-refractivity contribution in [3.8, 4) is 0 Å². The minimum Gasteiger partial charge on any atom is -0.428 e. The van der Waals surface area contributed by atoms with E-state index in [-0.39, 0.29) is 5.63 Å². The molecule has 10 heavy (non-hydrogen) atoms. The molecule has 0 N–H and O–H groups in total. The van der Waals surface area contributed by atoms with Crippen LogP contribution in [0.2, 0.25) is 0 Å². The zero-order valence-corrected chi connectivity index (χ0v) is 6.39. The SMILES string of the molecule is Cc1cc(C)c(=O)oc1C.